The van der Waals surface area contributed by atoms with Crippen molar-refractivity contribution < 1.29 is 26.3 Å². The van der Waals surface area contributed by atoms with Gasteiger partial charge in [0.15, 0.2) is 0 Å². The van der Waals surface area contributed by atoms with Gasteiger partial charge in [0.2, 0.25) is 5.95 Å². The summed E-state index contributed by atoms with van der Waals surface area (Å²) in [4.78, 5) is 6.70. The summed E-state index contributed by atoms with van der Waals surface area (Å²) in [6.07, 6.45) is -8.91. The molecule has 0 unspecified atom stereocenters. The molecule has 0 aliphatic rings. The van der Waals surface area contributed by atoms with Crippen molar-refractivity contribution in [2.75, 3.05) is 5.32 Å². The minimum atomic E-state index is -4.47. The summed E-state index contributed by atoms with van der Waals surface area (Å²) in [5.41, 5.74) is -0.832. The van der Waals surface area contributed by atoms with Crippen LogP contribution in [-0.4, -0.2) is 9.97 Å². The molecule has 24 heavy (non-hydrogen) atoms. The SMILES string of the molecule is FC(F)(F)c1ccc(Nc2nc3ccc(C(F)(F)F)cc3[nH]2)cc1. The first-order chi connectivity index (χ1) is 11.1. The quantitative estimate of drug-likeness (QED) is 0.615. The van der Waals surface area contributed by atoms with Crippen LogP contribution >= 0.6 is 0 Å². The summed E-state index contributed by atoms with van der Waals surface area (Å²) < 4.78 is 75.5. The predicted octanol–water partition coefficient (Wildman–Crippen LogP) is 5.34. The molecule has 0 fully saturated rings. The number of hydrogen-bond donors (Lipinski definition) is 2. The maximum absolute atomic E-state index is 12.7. The van der Waals surface area contributed by atoms with E-state index in [0.29, 0.717) is 11.2 Å². The lowest BCUT2D eigenvalue weighted by Crippen LogP contribution is -2.04. The second kappa shape index (κ2) is 5.43. The number of fused-ring (bicyclic) bond motifs is 1. The van der Waals surface area contributed by atoms with Crippen LogP contribution in [0.3, 0.4) is 0 Å². The van der Waals surface area contributed by atoms with Gasteiger partial charge in [0.05, 0.1) is 22.2 Å². The molecule has 0 aliphatic carbocycles. The van der Waals surface area contributed by atoms with Crippen LogP contribution in [0.15, 0.2) is 42.5 Å². The highest BCUT2D eigenvalue weighted by Gasteiger charge is 2.31. The van der Waals surface area contributed by atoms with Crippen LogP contribution in [0.25, 0.3) is 11.0 Å². The molecule has 0 radical (unpaired) electrons. The predicted molar refractivity (Wildman–Crippen MR) is 75.8 cm³/mol. The second-order valence-corrected chi connectivity index (χ2v) is 5.02. The van der Waals surface area contributed by atoms with Crippen LogP contribution in [0.1, 0.15) is 11.1 Å². The number of aromatic nitrogens is 2. The van der Waals surface area contributed by atoms with Crippen molar-refractivity contribution in [1.82, 2.24) is 9.97 Å². The molecular formula is C15H9F6N3. The van der Waals surface area contributed by atoms with Crippen LogP contribution in [0.2, 0.25) is 0 Å². The van der Waals surface area contributed by atoms with Crippen LogP contribution in [0.4, 0.5) is 38.0 Å². The summed E-state index contributed by atoms with van der Waals surface area (Å²) in [6.45, 7) is 0. The molecule has 0 saturated carbocycles. The van der Waals surface area contributed by atoms with Gasteiger partial charge in [0, 0.05) is 5.69 Å². The van der Waals surface area contributed by atoms with E-state index in [0.717, 1.165) is 24.3 Å². The molecule has 0 aliphatic heterocycles. The molecule has 126 valence electrons. The van der Waals surface area contributed by atoms with Crippen LogP contribution in [0, 0.1) is 0 Å². The first-order valence-corrected chi connectivity index (χ1v) is 6.64. The maximum atomic E-state index is 12.7. The fraction of sp³-hybridized carbons (Fsp3) is 0.133. The number of aromatic amines is 1. The van der Waals surface area contributed by atoms with Gasteiger partial charge in [-0.2, -0.15) is 26.3 Å². The average molecular weight is 345 g/mol. The number of benzene rings is 2. The van der Waals surface area contributed by atoms with Gasteiger partial charge in [0.1, 0.15) is 0 Å². The fourth-order valence-electron chi connectivity index (χ4n) is 2.12. The molecule has 0 amide bonds. The van der Waals surface area contributed by atoms with Gasteiger partial charge < -0.3 is 10.3 Å². The second-order valence-electron chi connectivity index (χ2n) is 5.02. The number of rotatable bonds is 2. The molecule has 0 bridgehead atoms. The minimum Gasteiger partial charge on any atom is -0.326 e. The Labute approximate surface area is 131 Å². The van der Waals surface area contributed by atoms with Crippen molar-refractivity contribution in [1.29, 1.82) is 0 Å². The van der Waals surface area contributed by atoms with Crippen molar-refractivity contribution in [3.63, 3.8) is 0 Å². The molecule has 0 atom stereocenters. The summed E-state index contributed by atoms with van der Waals surface area (Å²) in [5, 5.41) is 2.71. The highest BCUT2D eigenvalue weighted by Crippen LogP contribution is 2.32. The number of alkyl halides is 6. The summed E-state index contributed by atoms with van der Waals surface area (Å²) in [5.74, 6) is 0.129. The van der Waals surface area contributed by atoms with E-state index < -0.39 is 23.5 Å². The van der Waals surface area contributed by atoms with Gasteiger partial charge >= 0.3 is 12.4 Å². The Balaban J connectivity index is 1.85. The number of imidazole rings is 1. The lowest BCUT2D eigenvalue weighted by Gasteiger charge is -2.07. The zero-order chi connectivity index (χ0) is 17.5. The molecular weight excluding hydrogens is 336 g/mol. The zero-order valence-corrected chi connectivity index (χ0v) is 11.8. The van der Waals surface area contributed by atoms with E-state index in [9.17, 15) is 26.3 Å². The minimum absolute atomic E-state index is 0.129. The van der Waals surface area contributed by atoms with Crippen molar-refractivity contribution >= 4 is 22.7 Å². The third-order valence-corrected chi connectivity index (χ3v) is 3.28. The van der Waals surface area contributed by atoms with Gasteiger partial charge in [-0.3, -0.25) is 0 Å². The van der Waals surface area contributed by atoms with Gasteiger partial charge in [-0.1, -0.05) is 0 Å². The molecule has 2 N–H and O–H groups in total. The van der Waals surface area contributed by atoms with Crippen LogP contribution < -0.4 is 5.32 Å². The van der Waals surface area contributed by atoms with Crippen LogP contribution in [-0.2, 0) is 12.4 Å². The van der Waals surface area contributed by atoms with Gasteiger partial charge in [0.25, 0.3) is 0 Å². The molecule has 2 aromatic carbocycles. The number of halogens is 6. The fourth-order valence-corrected chi connectivity index (χ4v) is 2.12. The summed E-state index contributed by atoms with van der Waals surface area (Å²) >= 11 is 0. The number of H-pyrrole nitrogens is 1. The Hall–Kier alpha value is -2.71. The molecule has 3 rings (SSSR count). The zero-order valence-electron chi connectivity index (χ0n) is 11.8. The van der Waals surface area contributed by atoms with E-state index >= 15 is 0 Å². The van der Waals surface area contributed by atoms with Crippen molar-refractivity contribution in [3.8, 4) is 0 Å². The monoisotopic (exact) mass is 345 g/mol. The van der Waals surface area contributed by atoms with Gasteiger partial charge in [-0.25, -0.2) is 4.98 Å². The Morgan fingerprint density at radius 2 is 1.38 bits per heavy atom. The van der Waals surface area contributed by atoms with E-state index in [1.165, 1.54) is 18.2 Å². The lowest BCUT2D eigenvalue weighted by molar-refractivity contribution is -0.138. The third-order valence-electron chi connectivity index (χ3n) is 3.28. The summed E-state index contributed by atoms with van der Waals surface area (Å²) in [6, 6.07) is 7.24. The Bertz CT molecular complexity index is 862. The maximum Gasteiger partial charge on any atom is 0.416 e. The number of nitrogens with zero attached hydrogens (tertiary/aromatic N) is 1. The average Bonchev–Trinajstić information content (AvgIpc) is 2.87. The number of hydrogen-bond acceptors (Lipinski definition) is 2. The van der Waals surface area contributed by atoms with Crippen molar-refractivity contribution in [2.45, 2.75) is 12.4 Å². The summed E-state index contributed by atoms with van der Waals surface area (Å²) in [7, 11) is 0. The van der Waals surface area contributed by atoms with E-state index in [4.69, 9.17) is 0 Å². The van der Waals surface area contributed by atoms with Gasteiger partial charge in [-0.05, 0) is 42.5 Å². The number of nitrogens with one attached hydrogen (secondary N) is 2. The molecule has 1 heterocycles. The Kier molecular flexibility index (Phi) is 3.66. The van der Waals surface area contributed by atoms with Crippen LogP contribution in [0.5, 0.6) is 0 Å². The van der Waals surface area contributed by atoms with Gasteiger partial charge in [-0.15, -0.1) is 0 Å². The van der Waals surface area contributed by atoms with Crippen molar-refractivity contribution in [2.24, 2.45) is 0 Å². The molecule has 3 nitrogen and oxygen atoms in total. The number of anilines is 2. The molecule has 3 aromatic rings. The lowest BCUT2D eigenvalue weighted by atomic mass is 10.2. The van der Waals surface area contributed by atoms with E-state index in [1.54, 1.807) is 0 Å². The van der Waals surface area contributed by atoms with E-state index in [2.05, 4.69) is 15.3 Å². The standard InChI is InChI=1S/C15H9F6N3/c16-14(17,18)8-1-4-10(5-2-8)22-13-23-11-6-3-9(15(19,20)21)7-12(11)24-13/h1-7H,(H2,22,23,24). The van der Waals surface area contributed by atoms with Crippen molar-refractivity contribution in [3.05, 3.63) is 53.6 Å². The molecule has 0 saturated heterocycles. The Morgan fingerprint density at radius 1 is 0.792 bits per heavy atom. The van der Waals surface area contributed by atoms with E-state index in [-0.39, 0.29) is 11.5 Å². The van der Waals surface area contributed by atoms with E-state index in [1.807, 2.05) is 0 Å². The molecule has 9 heteroatoms. The topological polar surface area (TPSA) is 40.7 Å². The first-order valence-electron chi connectivity index (χ1n) is 6.64. The highest BCUT2D eigenvalue weighted by atomic mass is 19.4. The first kappa shape index (κ1) is 16.2. The highest BCUT2D eigenvalue weighted by molar-refractivity contribution is 5.79. The largest absolute Gasteiger partial charge is 0.416 e. The Morgan fingerprint density at radius 3 is 1.96 bits per heavy atom. The normalized spacial score (nSPS) is 12.6. The molecule has 1 aromatic heterocycles. The molecule has 0 spiro atoms. The smallest absolute Gasteiger partial charge is 0.326 e. The third kappa shape index (κ3) is 3.29.